The number of quaternary nitrogens is 1. The summed E-state index contributed by atoms with van der Waals surface area (Å²) >= 11 is 12.0. The van der Waals surface area contributed by atoms with E-state index in [-0.39, 0.29) is 6.04 Å². The van der Waals surface area contributed by atoms with Crippen molar-refractivity contribution in [1.29, 1.82) is 0 Å². The van der Waals surface area contributed by atoms with E-state index in [0.29, 0.717) is 0 Å². The fourth-order valence-electron chi connectivity index (χ4n) is 1.58. The molecular weight excluding hydrogens is 217 g/mol. The quantitative estimate of drug-likeness (QED) is 0.555. The van der Waals surface area contributed by atoms with Crippen LogP contribution in [-0.4, -0.2) is 30.5 Å². The molecule has 0 saturated heterocycles. The van der Waals surface area contributed by atoms with Crippen molar-refractivity contribution < 1.29 is 4.48 Å². The van der Waals surface area contributed by atoms with E-state index in [1.807, 2.05) is 18.2 Å². The first-order chi connectivity index (χ1) is 6.43. The number of hydrogen-bond acceptors (Lipinski definition) is 0. The van der Waals surface area contributed by atoms with Crippen LogP contribution in [0.15, 0.2) is 30.3 Å². The highest BCUT2D eigenvalue weighted by molar-refractivity contribution is 6.44. The van der Waals surface area contributed by atoms with E-state index in [0.717, 1.165) is 4.48 Å². The zero-order chi connectivity index (χ0) is 10.8. The van der Waals surface area contributed by atoms with E-state index < -0.39 is 4.84 Å². The molecule has 1 rings (SSSR count). The Hall–Kier alpha value is -0.240. The lowest BCUT2D eigenvalue weighted by Gasteiger charge is -2.35. The minimum absolute atomic E-state index is 0.111. The smallest absolute Gasteiger partial charge is 0.163 e. The van der Waals surface area contributed by atoms with E-state index in [4.69, 9.17) is 23.2 Å². The highest BCUT2D eigenvalue weighted by atomic mass is 35.5. The van der Waals surface area contributed by atoms with Crippen molar-refractivity contribution in [2.24, 2.45) is 0 Å². The van der Waals surface area contributed by atoms with Crippen LogP contribution in [0.5, 0.6) is 0 Å². The molecule has 3 heteroatoms. The molecule has 0 aliphatic rings. The van der Waals surface area contributed by atoms with Crippen LogP contribution in [-0.2, 0) is 0 Å². The SMILES string of the molecule is C[N+](C)(C)C(c1ccccc1)C(Cl)Cl. The summed E-state index contributed by atoms with van der Waals surface area (Å²) in [6, 6.07) is 10.2. The molecule has 1 unspecified atom stereocenters. The van der Waals surface area contributed by atoms with Gasteiger partial charge in [0.05, 0.1) is 21.1 Å². The third-order valence-corrected chi connectivity index (χ3v) is 2.69. The van der Waals surface area contributed by atoms with Gasteiger partial charge in [0, 0.05) is 5.56 Å². The number of alkyl halides is 2. The number of benzene rings is 1. The van der Waals surface area contributed by atoms with Gasteiger partial charge in [-0.25, -0.2) is 0 Å². The van der Waals surface area contributed by atoms with Crippen LogP contribution in [0.4, 0.5) is 0 Å². The van der Waals surface area contributed by atoms with Crippen LogP contribution in [0, 0.1) is 0 Å². The van der Waals surface area contributed by atoms with E-state index in [1.54, 1.807) is 0 Å². The number of rotatable bonds is 3. The van der Waals surface area contributed by atoms with Gasteiger partial charge in [-0.05, 0) is 0 Å². The average Bonchev–Trinajstić information content (AvgIpc) is 2.02. The monoisotopic (exact) mass is 232 g/mol. The number of nitrogens with zero attached hydrogens (tertiary/aromatic N) is 1. The summed E-state index contributed by atoms with van der Waals surface area (Å²) in [6.07, 6.45) is 0. The third kappa shape index (κ3) is 2.88. The molecule has 1 nitrogen and oxygen atoms in total. The van der Waals surface area contributed by atoms with Gasteiger partial charge in [0.2, 0.25) is 0 Å². The highest BCUT2D eigenvalue weighted by Crippen LogP contribution is 2.32. The van der Waals surface area contributed by atoms with Gasteiger partial charge in [0.15, 0.2) is 4.84 Å². The second kappa shape index (κ2) is 4.52. The Kier molecular flexibility index (Phi) is 3.82. The molecule has 0 aliphatic heterocycles. The van der Waals surface area contributed by atoms with Gasteiger partial charge in [-0.15, -0.1) is 0 Å². The zero-order valence-corrected chi connectivity index (χ0v) is 10.3. The van der Waals surface area contributed by atoms with Crippen molar-refractivity contribution >= 4 is 23.2 Å². The Morgan fingerprint density at radius 3 is 1.86 bits per heavy atom. The molecule has 0 fully saturated rings. The van der Waals surface area contributed by atoms with E-state index >= 15 is 0 Å². The lowest BCUT2D eigenvalue weighted by atomic mass is 10.1. The standard InChI is InChI=1S/C11H16Cl2N/c1-14(2,3)10(11(12)13)9-7-5-4-6-8-9/h4-8,10-11H,1-3H3/q+1. The predicted octanol–water partition coefficient (Wildman–Crippen LogP) is 3.24. The maximum Gasteiger partial charge on any atom is 0.163 e. The van der Waals surface area contributed by atoms with Gasteiger partial charge in [0.1, 0.15) is 6.04 Å². The summed E-state index contributed by atoms with van der Waals surface area (Å²) in [7, 11) is 6.28. The minimum atomic E-state index is -0.391. The van der Waals surface area contributed by atoms with Crippen molar-refractivity contribution in [2.45, 2.75) is 10.9 Å². The zero-order valence-electron chi connectivity index (χ0n) is 8.74. The topological polar surface area (TPSA) is 0 Å². The lowest BCUT2D eigenvalue weighted by molar-refractivity contribution is -0.900. The molecule has 78 valence electrons. The Morgan fingerprint density at radius 1 is 1.00 bits per heavy atom. The molecule has 0 bridgehead atoms. The summed E-state index contributed by atoms with van der Waals surface area (Å²) in [5, 5.41) is 0. The van der Waals surface area contributed by atoms with Crippen LogP contribution in [0.2, 0.25) is 0 Å². The molecule has 1 aromatic rings. The number of hydrogen-bond donors (Lipinski definition) is 0. The highest BCUT2D eigenvalue weighted by Gasteiger charge is 2.31. The van der Waals surface area contributed by atoms with Gasteiger partial charge < -0.3 is 4.48 Å². The fraction of sp³-hybridized carbons (Fsp3) is 0.455. The van der Waals surface area contributed by atoms with Gasteiger partial charge in [-0.1, -0.05) is 53.5 Å². The molecule has 0 N–H and O–H groups in total. The molecular formula is C11H16Cl2N+. The van der Waals surface area contributed by atoms with Crippen LogP contribution in [0.25, 0.3) is 0 Å². The van der Waals surface area contributed by atoms with Crippen molar-refractivity contribution in [1.82, 2.24) is 0 Å². The summed E-state index contributed by atoms with van der Waals surface area (Å²) in [5.41, 5.74) is 1.18. The Balaban J connectivity index is 3.02. The Bertz CT molecular complexity index is 277. The van der Waals surface area contributed by atoms with Crippen molar-refractivity contribution in [3.63, 3.8) is 0 Å². The molecule has 0 aliphatic carbocycles. The van der Waals surface area contributed by atoms with Crippen molar-refractivity contribution in [3.8, 4) is 0 Å². The second-order valence-electron chi connectivity index (χ2n) is 4.31. The maximum atomic E-state index is 6.01. The summed E-state index contributed by atoms with van der Waals surface area (Å²) < 4.78 is 0.724. The fourth-order valence-corrected chi connectivity index (χ4v) is 2.55. The first kappa shape index (κ1) is 11.8. The molecule has 0 heterocycles. The van der Waals surface area contributed by atoms with E-state index in [9.17, 15) is 0 Å². The third-order valence-electron chi connectivity index (χ3n) is 2.21. The summed E-state index contributed by atoms with van der Waals surface area (Å²) in [4.78, 5) is -0.391. The van der Waals surface area contributed by atoms with Crippen LogP contribution in [0.1, 0.15) is 11.6 Å². The molecule has 0 amide bonds. The molecule has 0 saturated carbocycles. The van der Waals surface area contributed by atoms with Gasteiger partial charge in [-0.2, -0.15) is 0 Å². The second-order valence-corrected chi connectivity index (χ2v) is 5.47. The van der Waals surface area contributed by atoms with Crippen molar-refractivity contribution in [2.75, 3.05) is 21.1 Å². The number of halogens is 2. The summed E-state index contributed by atoms with van der Waals surface area (Å²) in [6.45, 7) is 0. The first-order valence-corrected chi connectivity index (χ1v) is 5.44. The lowest BCUT2D eigenvalue weighted by Crippen LogP contribution is -2.41. The first-order valence-electron chi connectivity index (χ1n) is 4.57. The summed E-state index contributed by atoms with van der Waals surface area (Å²) in [5.74, 6) is 0. The van der Waals surface area contributed by atoms with Crippen molar-refractivity contribution in [3.05, 3.63) is 35.9 Å². The largest absolute Gasteiger partial charge is 0.322 e. The molecule has 1 aromatic carbocycles. The Morgan fingerprint density at radius 2 is 1.50 bits per heavy atom. The molecule has 0 spiro atoms. The normalized spacial score (nSPS) is 14.4. The van der Waals surface area contributed by atoms with E-state index in [1.165, 1.54) is 5.56 Å². The van der Waals surface area contributed by atoms with Crippen LogP contribution >= 0.6 is 23.2 Å². The minimum Gasteiger partial charge on any atom is -0.322 e. The van der Waals surface area contributed by atoms with E-state index in [2.05, 4.69) is 33.3 Å². The maximum absolute atomic E-state index is 6.01. The predicted molar refractivity (Wildman–Crippen MR) is 62.7 cm³/mol. The molecule has 1 atom stereocenters. The van der Waals surface area contributed by atoms with Gasteiger partial charge in [0.25, 0.3) is 0 Å². The average molecular weight is 233 g/mol. The van der Waals surface area contributed by atoms with Gasteiger partial charge >= 0.3 is 0 Å². The molecule has 14 heavy (non-hydrogen) atoms. The Labute approximate surface area is 95.8 Å². The molecule has 0 radical (unpaired) electrons. The van der Waals surface area contributed by atoms with Gasteiger partial charge in [-0.3, -0.25) is 0 Å². The van der Waals surface area contributed by atoms with Crippen LogP contribution in [0.3, 0.4) is 0 Å². The van der Waals surface area contributed by atoms with Crippen LogP contribution < -0.4 is 0 Å². The molecule has 0 aromatic heterocycles.